The van der Waals surface area contributed by atoms with Crippen LogP contribution in [0.25, 0.3) is 0 Å². The predicted octanol–water partition coefficient (Wildman–Crippen LogP) is 3.36. The number of likely N-dealkylation sites (tertiary alicyclic amines) is 1. The number of piperidine rings is 1. The minimum atomic E-state index is -0.576. The molecule has 1 rings (SSSR count). The lowest BCUT2D eigenvalue weighted by atomic mass is 9.86. The largest absolute Gasteiger partial charge is 0.469 e. The van der Waals surface area contributed by atoms with Crippen molar-refractivity contribution < 1.29 is 23.9 Å². The second kappa shape index (κ2) is 10.7. The van der Waals surface area contributed by atoms with Crippen LogP contribution >= 0.6 is 0 Å². The molecule has 0 spiro atoms. The fourth-order valence-electron chi connectivity index (χ4n) is 3.74. The van der Waals surface area contributed by atoms with Gasteiger partial charge in [0.2, 0.25) is 5.91 Å². The summed E-state index contributed by atoms with van der Waals surface area (Å²) < 4.78 is 10.0. The Morgan fingerprint density at radius 3 is 2.14 bits per heavy atom. The Kier molecular flexibility index (Phi) is 9.24. The van der Waals surface area contributed by atoms with Gasteiger partial charge in [0.05, 0.1) is 13.0 Å². The van der Waals surface area contributed by atoms with Crippen LogP contribution in [0.3, 0.4) is 0 Å². The van der Waals surface area contributed by atoms with Gasteiger partial charge in [0, 0.05) is 25.6 Å². The molecule has 0 saturated carbocycles. The number of nitrogens with zero attached hydrogens (tertiary/aromatic N) is 1. The summed E-state index contributed by atoms with van der Waals surface area (Å²) in [6.45, 7) is 12.7. The molecule has 0 aromatic carbocycles. The Morgan fingerprint density at radius 2 is 1.68 bits per heavy atom. The van der Waals surface area contributed by atoms with Gasteiger partial charge in [-0.1, -0.05) is 13.8 Å². The van der Waals surface area contributed by atoms with Gasteiger partial charge in [0.25, 0.3) is 0 Å². The number of amides is 2. The molecular formula is C21H38N2O5. The van der Waals surface area contributed by atoms with Crippen LogP contribution in [0.1, 0.15) is 67.2 Å². The van der Waals surface area contributed by atoms with Crippen molar-refractivity contribution in [3.63, 3.8) is 0 Å². The van der Waals surface area contributed by atoms with Crippen molar-refractivity contribution in [3.05, 3.63) is 0 Å². The highest BCUT2D eigenvalue weighted by molar-refractivity contribution is 5.81. The molecule has 7 heteroatoms. The third-order valence-corrected chi connectivity index (χ3v) is 5.20. The van der Waals surface area contributed by atoms with Crippen LogP contribution in [0.5, 0.6) is 0 Å². The van der Waals surface area contributed by atoms with Gasteiger partial charge in [-0.05, 0) is 58.8 Å². The van der Waals surface area contributed by atoms with Crippen molar-refractivity contribution in [2.24, 2.45) is 17.8 Å². The smallest absolute Gasteiger partial charge is 0.407 e. The average molecular weight is 399 g/mol. The molecule has 162 valence electrons. The Morgan fingerprint density at radius 1 is 1.11 bits per heavy atom. The molecule has 0 aromatic heterocycles. The minimum absolute atomic E-state index is 0.0741. The van der Waals surface area contributed by atoms with E-state index in [9.17, 15) is 14.4 Å². The summed E-state index contributed by atoms with van der Waals surface area (Å²) >= 11 is 0. The zero-order valence-electron chi connectivity index (χ0n) is 18.5. The van der Waals surface area contributed by atoms with Crippen LogP contribution < -0.4 is 5.32 Å². The predicted molar refractivity (Wildman–Crippen MR) is 108 cm³/mol. The first-order valence-corrected chi connectivity index (χ1v) is 10.3. The van der Waals surface area contributed by atoms with E-state index in [4.69, 9.17) is 9.47 Å². The van der Waals surface area contributed by atoms with Gasteiger partial charge in [-0.15, -0.1) is 0 Å². The monoisotopic (exact) mass is 398 g/mol. The topological polar surface area (TPSA) is 84.9 Å². The molecule has 0 aromatic rings. The molecule has 0 aliphatic carbocycles. The summed E-state index contributed by atoms with van der Waals surface area (Å²) in [6.07, 6.45) is 2.52. The molecule has 1 aliphatic heterocycles. The third-order valence-electron chi connectivity index (χ3n) is 5.20. The van der Waals surface area contributed by atoms with Gasteiger partial charge in [0.15, 0.2) is 0 Å². The zero-order valence-corrected chi connectivity index (χ0v) is 18.5. The highest BCUT2D eigenvalue weighted by Crippen LogP contribution is 2.26. The van der Waals surface area contributed by atoms with E-state index in [-0.39, 0.29) is 29.8 Å². The summed E-state index contributed by atoms with van der Waals surface area (Å²) in [6, 6.07) is -0.320. The Balaban J connectivity index is 2.61. The van der Waals surface area contributed by atoms with Gasteiger partial charge in [-0.2, -0.15) is 0 Å². The molecule has 2 amide bonds. The van der Waals surface area contributed by atoms with E-state index < -0.39 is 11.7 Å². The molecule has 1 fully saturated rings. The van der Waals surface area contributed by atoms with Crippen LogP contribution in [-0.4, -0.2) is 54.7 Å². The third kappa shape index (κ3) is 8.07. The van der Waals surface area contributed by atoms with Gasteiger partial charge >= 0.3 is 12.1 Å². The summed E-state index contributed by atoms with van der Waals surface area (Å²) in [7, 11) is 1.40. The molecule has 28 heavy (non-hydrogen) atoms. The number of ether oxygens (including phenoxy) is 2. The molecule has 1 aliphatic rings. The second-order valence-electron chi connectivity index (χ2n) is 9.09. The fraction of sp³-hybridized carbons (Fsp3) is 0.857. The van der Waals surface area contributed by atoms with Crippen molar-refractivity contribution in [1.29, 1.82) is 0 Å². The zero-order chi connectivity index (χ0) is 21.5. The lowest BCUT2D eigenvalue weighted by molar-refractivity contribution is -0.142. The van der Waals surface area contributed by atoms with Crippen LogP contribution in [-0.2, 0) is 19.1 Å². The number of methoxy groups -OCH3 is 1. The van der Waals surface area contributed by atoms with Crippen molar-refractivity contribution >= 4 is 18.0 Å². The molecule has 2 unspecified atom stereocenters. The Labute approximate surface area is 169 Å². The first kappa shape index (κ1) is 24.2. The molecule has 7 nitrogen and oxygen atoms in total. The van der Waals surface area contributed by atoms with Gasteiger partial charge in [0.1, 0.15) is 5.60 Å². The van der Waals surface area contributed by atoms with Crippen LogP contribution in [0, 0.1) is 17.8 Å². The number of alkyl carbamates (subject to hydrolysis) is 1. The number of hydrogen-bond acceptors (Lipinski definition) is 5. The van der Waals surface area contributed by atoms with Crippen molar-refractivity contribution in [1.82, 2.24) is 10.2 Å². The highest BCUT2D eigenvalue weighted by Gasteiger charge is 2.35. The maximum absolute atomic E-state index is 13.1. The van der Waals surface area contributed by atoms with E-state index in [1.165, 1.54) is 7.11 Å². The van der Waals surface area contributed by atoms with Crippen LogP contribution in [0.4, 0.5) is 4.79 Å². The van der Waals surface area contributed by atoms with Crippen LogP contribution in [0.15, 0.2) is 0 Å². The summed E-state index contributed by atoms with van der Waals surface area (Å²) in [4.78, 5) is 38.4. The lowest BCUT2D eigenvalue weighted by Crippen LogP contribution is -2.51. The SMILES string of the molecule is COC(=O)CCC1CCN(C(=O)C(C(C)C)C(C)NC(=O)OC(C)(C)C)CC1. The molecule has 0 radical (unpaired) electrons. The molecule has 1 heterocycles. The highest BCUT2D eigenvalue weighted by atomic mass is 16.6. The van der Waals surface area contributed by atoms with E-state index >= 15 is 0 Å². The molecule has 0 bridgehead atoms. The van der Waals surface area contributed by atoms with Gasteiger partial charge in [-0.3, -0.25) is 9.59 Å². The number of rotatable bonds is 7. The molecule has 1 N–H and O–H groups in total. The maximum Gasteiger partial charge on any atom is 0.407 e. The minimum Gasteiger partial charge on any atom is -0.469 e. The van der Waals surface area contributed by atoms with Crippen molar-refractivity contribution in [2.75, 3.05) is 20.2 Å². The fourth-order valence-corrected chi connectivity index (χ4v) is 3.74. The Hall–Kier alpha value is -1.79. The first-order chi connectivity index (χ1) is 12.9. The summed E-state index contributed by atoms with van der Waals surface area (Å²) in [5.41, 5.74) is -0.576. The lowest BCUT2D eigenvalue weighted by Gasteiger charge is -2.37. The van der Waals surface area contributed by atoms with Crippen molar-refractivity contribution in [3.8, 4) is 0 Å². The number of esters is 1. The number of carbonyl (C=O) groups is 3. The van der Waals surface area contributed by atoms with E-state index in [0.29, 0.717) is 25.4 Å². The normalized spacial score (nSPS) is 17.8. The summed E-state index contributed by atoms with van der Waals surface area (Å²) in [5, 5.41) is 2.83. The standard InChI is InChI=1S/C21H38N2O5/c1-14(2)18(15(3)22-20(26)28-21(4,5)6)19(25)23-12-10-16(11-13-23)8-9-17(24)27-7/h14-16,18H,8-13H2,1-7H3,(H,22,26). The van der Waals surface area contributed by atoms with Crippen LogP contribution in [0.2, 0.25) is 0 Å². The van der Waals surface area contributed by atoms with Gasteiger partial charge in [-0.25, -0.2) is 4.79 Å². The quantitative estimate of drug-likeness (QED) is 0.665. The number of nitrogens with one attached hydrogen (secondary N) is 1. The number of hydrogen-bond donors (Lipinski definition) is 1. The average Bonchev–Trinajstić information content (AvgIpc) is 2.57. The Bertz CT molecular complexity index is 533. The maximum atomic E-state index is 13.1. The first-order valence-electron chi connectivity index (χ1n) is 10.3. The van der Waals surface area contributed by atoms with E-state index in [2.05, 4.69) is 5.32 Å². The van der Waals surface area contributed by atoms with E-state index in [0.717, 1.165) is 19.3 Å². The molecular weight excluding hydrogens is 360 g/mol. The number of carbonyl (C=O) groups excluding carboxylic acids is 3. The van der Waals surface area contributed by atoms with E-state index in [1.54, 1.807) is 0 Å². The summed E-state index contributed by atoms with van der Waals surface area (Å²) in [5.74, 6) is 0.122. The van der Waals surface area contributed by atoms with Crippen molar-refractivity contribution in [2.45, 2.75) is 78.9 Å². The second-order valence-corrected chi connectivity index (χ2v) is 9.09. The van der Waals surface area contributed by atoms with Gasteiger partial charge < -0.3 is 19.7 Å². The van der Waals surface area contributed by atoms with E-state index in [1.807, 2.05) is 46.4 Å². The molecule has 1 saturated heterocycles. The molecule has 2 atom stereocenters.